The van der Waals surface area contributed by atoms with Gasteiger partial charge in [-0.15, -0.1) is 0 Å². The molecule has 0 unspecified atom stereocenters. The summed E-state index contributed by atoms with van der Waals surface area (Å²) in [7, 11) is -3.20. The molecule has 1 N–H and O–H groups in total. The van der Waals surface area contributed by atoms with Crippen molar-refractivity contribution in [1.82, 2.24) is 4.72 Å². The molecule has 0 aromatic heterocycles. The number of esters is 1. The second-order valence-electron chi connectivity index (χ2n) is 3.36. The molecule has 0 saturated heterocycles. The van der Waals surface area contributed by atoms with Gasteiger partial charge >= 0.3 is 5.97 Å². The van der Waals surface area contributed by atoms with Gasteiger partial charge in [0.15, 0.2) is 0 Å². The molecular weight excluding hydrogens is 242 g/mol. The second kappa shape index (κ2) is 5.60. The third kappa shape index (κ3) is 5.28. The molecule has 0 amide bonds. The molecule has 0 aliphatic carbocycles. The van der Waals surface area contributed by atoms with Gasteiger partial charge in [0.1, 0.15) is 5.75 Å². The molecular formula is C11H13NO4S. The van der Waals surface area contributed by atoms with Gasteiger partial charge in [0.25, 0.3) is 0 Å². The lowest BCUT2D eigenvalue weighted by Crippen LogP contribution is -2.21. The Morgan fingerprint density at radius 1 is 1.41 bits per heavy atom. The summed E-state index contributed by atoms with van der Waals surface area (Å²) < 4.78 is 29.0. The average molecular weight is 255 g/mol. The molecule has 0 aliphatic heterocycles. The van der Waals surface area contributed by atoms with Crippen molar-refractivity contribution < 1.29 is 17.9 Å². The lowest BCUT2D eigenvalue weighted by Gasteiger charge is -2.04. The van der Waals surface area contributed by atoms with E-state index in [2.05, 4.69) is 11.3 Å². The van der Waals surface area contributed by atoms with Crippen molar-refractivity contribution >= 4 is 16.0 Å². The number of ether oxygens (including phenoxy) is 1. The van der Waals surface area contributed by atoms with Gasteiger partial charge in [-0.1, -0.05) is 18.7 Å². The normalized spacial score (nSPS) is 10.9. The van der Waals surface area contributed by atoms with Crippen molar-refractivity contribution in [2.24, 2.45) is 0 Å². The van der Waals surface area contributed by atoms with E-state index in [4.69, 9.17) is 4.74 Å². The molecule has 0 atom stereocenters. The average Bonchev–Trinajstić information content (AvgIpc) is 2.27. The van der Waals surface area contributed by atoms with Gasteiger partial charge in [-0.3, -0.25) is 0 Å². The highest BCUT2D eigenvalue weighted by Gasteiger charge is 2.02. The highest BCUT2D eigenvalue weighted by atomic mass is 32.2. The quantitative estimate of drug-likeness (QED) is 0.480. The second-order valence-corrected chi connectivity index (χ2v) is 5.20. The highest BCUT2D eigenvalue weighted by Crippen LogP contribution is 2.12. The third-order valence-corrected chi connectivity index (χ3v) is 2.52. The molecule has 0 radical (unpaired) electrons. The first-order chi connectivity index (χ1) is 7.90. The van der Waals surface area contributed by atoms with Crippen LogP contribution < -0.4 is 9.46 Å². The van der Waals surface area contributed by atoms with Gasteiger partial charge in [-0.05, 0) is 17.7 Å². The van der Waals surface area contributed by atoms with Crippen LogP contribution in [0, 0.1) is 0 Å². The monoisotopic (exact) mass is 255 g/mol. The highest BCUT2D eigenvalue weighted by molar-refractivity contribution is 7.88. The third-order valence-electron chi connectivity index (χ3n) is 1.85. The van der Waals surface area contributed by atoms with Crippen LogP contribution in [0.15, 0.2) is 36.9 Å². The van der Waals surface area contributed by atoms with Gasteiger partial charge in [0, 0.05) is 12.6 Å². The number of hydrogen-bond acceptors (Lipinski definition) is 4. The van der Waals surface area contributed by atoms with Gasteiger partial charge in [0.05, 0.1) is 6.26 Å². The van der Waals surface area contributed by atoms with Crippen LogP contribution in [0.3, 0.4) is 0 Å². The number of hydrogen-bond donors (Lipinski definition) is 1. The van der Waals surface area contributed by atoms with Crippen LogP contribution in [-0.2, 0) is 21.4 Å². The summed E-state index contributed by atoms with van der Waals surface area (Å²) in [6.45, 7) is 3.48. The van der Waals surface area contributed by atoms with Crippen molar-refractivity contribution in [2.45, 2.75) is 6.54 Å². The molecule has 1 aromatic carbocycles. The number of carbonyl (C=O) groups is 1. The van der Waals surface area contributed by atoms with Crippen molar-refractivity contribution in [3.05, 3.63) is 42.5 Å². The summed E-state index contributed by atoms with van der Waals surface area (Å²) in [5, 5.41) is 0. The van der Waals surface area contributed by atoms with Crippen molar-refractivity contribution in [1.29, 1.82) is 0 Å². The van der Waals surface area contributed by atoms with Crippen LogP contribution in [-0.4, -0.2) is 20.6 Å². The molecule has 5 nitrogen and oxygen atoms in total. The van der Waals surface area contributed by atoms with E-state index in [1.54, 1.807) is 24.3 Å². The minimum absolute atomic E-state index is 0.203. The number of nitrogens with one attached hydrogen (secondary N) is 1. The van der Waals surface area contributed by atoms with Gasteiger partial charge in [-0.25, -0.2) is 17.9 Å². The molecule has 0 aliphatic rings. The van der Waals surface area contributed by atoms with Crippen LogP contribution in [0.5, 0.6) is 5.75 Å². The maximum absolute atomic E-state index is 10.9. The Labute approximate surface area is 100 Å². The lowest BCUT2D eigenvalue weighted by atomic mass is 10.2. The molecule has 0 fully saturated rings. The Bertz CT molecular complexity index is 505. The van der Waals surface area contributed by atoms with E-state index in [1.165, 1.54) is 0 Å². The summed E-state index contributed by atoms with van der Waals surface area (Å²) in [4.78, 5) is 10.9. The summed E-state index contributed by atoms with van der Waals surface area (Å²) in [5.74, 6) is -0.148. The summed E-state index contributed by atoms with van der Waals surface area (Å²) >= 11 is 0. The number of carbonyl (C=O) groups excluding carboxylic acids is 1. The fourth-order valence-corrected chi connectivity index (χ4v) is 1.48. The van der Waals surface area contributed by atoms with Gasteiger partial charge in [0.2, 0.25) is 10.0 Å². The molecule has 0 bridgehead atoms. The molecule has 17 heavy (non-hydrogen) atoms. The Balaban J connectivity index is 2.62. The largest absolute Gasteiger partial charge is 0.423 e. The van der Waals surface area contributed by atoms with E-state index in [1.807, 2.05) is 0 Å². The number of sulfonamides is 1. The maximum Gasteiger partial charge on any atom is 0.335 e. The van der Waals surface area contributed by atoms with Crippen molar-refractivity contribution in [3.8, 4) is 5.75 Å². The van der Waals surface area contributed by atoms with E-state index in [9.17, 15) is 13.2 Å². The Kier molecular flexibility index (Phi) is 4.42. The van der Waals surface area contributed by atoms with E-state index >= 15 is 0 Å². The van der Waals surface area contributed by atoms with Gasteiger partial charge < -0.3 is 4.74 Å². The smallest absolute Gasteiger partial charge is 0.335 e. The lowest BCUT2D eigenvalue weighted by molar-refractivity contribution is -0.128. The van der Waals surface area contributed by atoms with Crippen LogP contribution in [0.25, 0.3) is 0 Å². The Morgan fingerprint density at radius 2 is 2.00 bits per heavy atom. The SMILES string of the molecule is C=CC(=O)Oc1ccc(CNS(C)(=O)=O)cc1. The van der Waals surface area contributed by atoms with Crippen LogP contribution in [0.1, 0.15) is 5.56 Å². The first kappa shape index (κ1) is 13.4. The van der Waals surface area contributed by atoms with Crippen LogP contribution in [0.2, 0.25) is 0 Å². The fourth-order valence-electron chi connectivity index (χ4n) is 1.05. The topological polar surface area (TPSA) is 72.5 Å². The minimum Gasteiger partial charge on any atom is -0.423 e. The Hall–Kier alpha value is -1.66. The van der Waals surface area contributed by atoms with Crippen LogP contribution >= 0.6 is 0 Å². The van der Waals surface area contributed by atoms with Crippen molar-refractivity contribution in [3.63, 3.8) is 0 Å². The molecule has 0 spiro atoms. The predicted octanol–water partition coefficient (Wildman–Crippen LogP) is 0.827. The molecule has 0 saturated carbocycles. The summed E-state index contributed by atoms with van der Waals surface area (Å²) in [6.07, 6.45) is 2.16. The Morgan fingerprint density at radius 3 is 2.47 bits per heavy atom. The van der Waals surface area contributed by atoms with E-state index in [0.717, 1.165) is 17.9 Å². The molecule has 6 heteroatoms. The molecule has 1 aromatic rings. The zero-order valence-corrected chi connectivity index (χ0v) is 10.2. The first-order valence-electron chi connectivity index (χ1n) is 4.78. The maximum atomic E-state index is 10.9. The van der Waals surface area contributed by atoms with Crippen molar-refractivity contribution in [2.75, 3.05) is 6.26 Å². The molecule has 0 heterocycles. The number of benzene rings is 1. The zero-order valence-electron chi connectivity index (χ0n) is 9.34. The van der Waals surface area contributed by atoms with E-state index in [-0.39, 0.29) is 6.54 Å². The number of rotatable bonds is 5. The minimum atomic E-state index is -3.20. The zero-order chi connectivity index (χ0) is 12.9. The first-order valence-corrected chi connectivity index (χ1v) is 6.67. The molecule has 1 rings (SSSR count). The predicted molar refractivity (Wildman–Crippen MR) is 64.0 cm³/mol. The fraction of sp³-hybridized carbons (Fsp3) is 0.182. The van der Waals surface area contributed by atoms with E-state index in [0.29, 0.717) is 5.75 Å². The molecule has 92 valence electrons. The van der Waals surface area contributed by atoms with Gasteiger partial charge in [-0.2, -0.15) is 0 Å². The van der Waals surface area contributed by atoms with Crippen LogP contribution in [0.4, 0.5) is 0 Å². The summed E-state index contributed by atoms with van der Waals surface area (Å²) in [6, 6.07) is 6.51. The summed E-state index contributed by atoms with van der Waals surface area (Å²) in [5.41, 5.74) is 0.772. The van der Waals surface area contributed by atoms with E-state index < -0.39 is 16.0 Å². The standard InChI is InChI=1S/C11H13NO4S/c1-3-11(13)16-10-6-4-9(5-7-10)8-12-17(2,14)15/h3-7,12H,1,8H2,2H3.